The van der Waals surface area contributed by atoms with E-state index in [2.05, 4.69) is 36.5 Å². The van der Waals surface area contributed by atoms with Crippen molar-refractivity contribution in [2.75, 3.05) is 18.6 Å². The summed E-state index contributed by atoms with van der Waals surface area (Å²) in [6.45, 7) is 2.85. The molecule has 5 heteroatoms. The maximum Gasteiger partial charge on any atom is 0.236 e. The smallest absolute Gasteiger partial charge is 0.236 e. The van der Waals surface area contributed by atoms with Crippen molar-refractivity contribution < 1.29 is 4.79 Å². The van der Waals surface area contributed by atoms with E-state index in [1.807, 2.05) is 6.26 Å². The standard InChI is InChI=1S/C16H24N2OS.ClH/c1-12-5-3-4-6-13(12)16(8-9-16)11-18-15(19)14(17)7-10-20-2;/h3-6,14H,7-11,17H2,1-2H3,(H,18,19);1H/t14-;/m0./s1. The van der Waals surface area contributed by atoms with Gasteiger partial charge in [0.05, 0.1) is 6.04 Å². The van der Waals surface area contributed by atoms with Crippen LogP contribution in [0.4, 0.5) is 0 Å². The highest BCUT2D eigenvalue weighted by molar-refractivity contribution is 7.98. The zero-order valence-corrected chi connectivity index (χ0v) is 14.4. The Bertz CT molecular complexity index is 477. The van der Waals surface area contributed by atoms with E-state index in [-0.39, 0.29) is 29.8 Å². The van der Waals surface area contributed by atoms with E-state index in [9.17, 15) is 4.79 Å². The van der Waals surface area contributed by atoms with Crippen molar-refractivity contribution in [2.24, 2.45) is 5.73 Å². The van der Waals surface area contributed by atoms with Crippen molar-refractivity contribution in [3.8, 4) is 0 Å². The van der Waals surface area contributed by atoms with Crippen LogP contribution < -0.4 is 11.1 Å². The summed E-state index contributed by atoms with van der Waals surface area (Å²) in [5.74, 6) is 0.913. The Balaban J connectivity index is 0.00000220. The minimum Gasteiger partial charge on any atom is -0.354 e. The quantitative estimate of drug-likeness (QED) is 0.809. The molecule has 1 aromatic carbocycles. The second kappa shape index (κ2) is 8.06. The van der Waals surface area contributed by atoms with Crippen LogP contribution in [0.2, 0.25) is 0 Å². The SMILES string of the molecule is CSCC[C@H](N)C(=O)NCC1(c2ccccc2C)CC1.Cl. The minimum absolute atomic E-state index is 0. The number of hydrogen-bond acceptors (Lipinski definition) is 3. The predicted molar refractivity (Wildman–Crippen MR) is 93.3 cm³/mol. The fourth-order valence-electron chi connectivity index (χ4n) is 2.62. The molecule has 1 aliphatic rings. The number of benzene rings is 1. The number of carbonyl (C=O) groups excluding carboxylic acids is 1. The average molecular weight is 329 g/mol. The first kappa shape index (κ1) is 18.3. The largest absolute Gasteiger partial charge is 0.354 e. The van der Waals surface area contributed by atoms with Crippen molar-refractivity contribution in [1.82, 2.24) is 5.32 Å². The zero-order valence-electron chi connectivity index (χ0n) is 12.7. The van der Waals surface area contributed by atoms with Gasteiger partial charge in [0.25, 0.3) is 0 Å². The van der Waals surface area contributed by atoms with Crippen molar-refractivity contribution in [3.05, 3.63) is 35.4 Å². The van der Waals surface area contributed by atoms with E-state index in [1.54, 1.807) is 11.8 Å². The molecular weight excluding hydrogens is 304 g/mol. The number of nitrogens with one attached hydrogen (secondary N) is 1. The molecule has 3 nitrogen and oxygen atoms in total. The fraction of sp³-hybridized carbons (Fsp3) is 0.562. The van der Waals surface area contributed by atoms with Crippen LogP contribution in [-0.4, -0.2) is 30.5 Å². The summed E-state index contributed by atoms with van der Waals surface area (Å²) in [5, 5.41) is 3.05. The molecule has 0 unspecified atom stereocenters. The summed E-state index contributed by atoms with van der Waals surface area (Å²) in [4.78, 5) is 12.0. The molecule has 1 amide bonds. The van der Waals surface area contributed by atoms with Gasteiger partial charge >= 0.3 is 0 Å². The van der Waals surface area contributed by atoms with E-state index in [4.69, 9.17) is 5.73 Å². The molecule has 1 aromatic rings. The average Bonchev–Trinajstić information content (AvgIpc) is 3.23. The molecule has 1 fully saturated rings. The van der Waals surface area contributed by atoms with Crippen LogP contribution in [0.5, 0.6) is 0 Å². The number of rotatable bonds is 7. The van der Waals surface area contributed by atoms with Gasteiger partial charge in [-0.25, -0.2) is 0 Å². The molecule has 0 radical (unpaired) electrons. The molecule has 1 atom stereocenters. The molecule has 0 bridgehead atoms. The normalized spacial score (nSPS) is 16.7. The fourth-order valence-corrected chi connectivity index (χ4v) is 3.11. The highest BCUT2D eigenvalue weighted by Crippen LogP contribution is 2.48. The molecule has 0 saturated heterocycles. The Morgan fingerprint density at radius 2 is 2.10 bits per heavy atom. The van der Waals surface area contributed by atoms with Gasteiger partial charge in [0.1, 0.15) is 0 Å². The summed E-state index contributed by atoms with van der Waals surface area (Å²) in [6, 6.07) is 8.08. The van der Waals surface area contributed by atoms with E-state index in [1.165, 1.54) is 11.1 Å². The molecule has 2 rings (SSSR count). The third-order valence-electron chi connectivity index (χ3n) is 4.14. The van der Waals surface area contributed by atoms with Gasteiger partial charge in [0, 0.05) is 12.0 Å². The first-order valence-electron chi connectivity index (χ1n) is 7.17. The Kier molecular flexibility index (Phi) is 7.04. The van der Waals surface area contributed by atoms with Gasteiger partial charge in [0.15, 0.2) is 0 Å². The maximum absolute atomic E-state index is 12.0. The molecule has 1 aliphatic carbocycles. The van der Waals surface area contributed by atoms with Crippen LogP contribution in [0.15, 0.2) is 24.3 Å². The third kappa shape index (κ3) is 4.63. The van der Waals surface area contributed by atoms with Crippen LogP contribution in [0.25, 0.3) is 0 Å². The molecule has 0 aromatic heterocycles. The monoisotopic (exact) mass is 328 g/mol. The van der Waals surface area contributed by atoms with E-state index in [0.717, 1.165) is 25.0 Å². The molecule has 1 saturated carbocycles. The second-order valence-corrected chi connectivity index (χ2v) is 6.69. The van der Waals surface area contributed by atoms with Crippen molar-refractivity contribution in [3.63, 3.8) is 0 Å². The van der Waals surface area contributed by atoms with Crippen molar-refractivity contribution in [2.45, 2.75) is 37.6 Å². The molecule has 21 heavy (non-hydrogen) atoms. The first-order chi connectivity index (χ1) is 9.59. The van der Waals surface area contributed by atoms with Crippen LogP contribution in [0.3, 0.4) is 0 Å². The molecule has 118 valence electrons. The molecular formula is C16H25ClN2OS. The van der Waals surface area contributed by atoms with E-state index >= 15 is 0 Å². The highest BCUT2D eigenvalue weighted by atomic mass is 35.5. The van der Waals surface area contributed by atoms with Crippen LogP contribution in [-0.2, 0) is 10.2 Å². The number of amides is 1. The lowest BCUT2D eigenvalue weighted by Gasteiger charge is -2.20. The zero-order chi connectivity index (χ0) is 14.6. The number of halogens is 1. The van der Waals surface area contributed by atoms with Gasteiger partial charge in [-0.15, -0.1) is 12.4 Å². The molecule has 0 spiro atoms. The van der Waals surface area contributed by atoms with E-state index < -0.39 is 0 Å². The number of aryl methyl sites for hydroxylation is 1. The van der Waals surface area contributed by atoms with Gasteiger partial charge < -0.3 is 11.1 Å². The maximum atomic E-state index is 12.0. The summed E-state index contributed by atoms with van der Waals surface area (Å²) in [5.41, 5.74) is 8.73. The summed E-state index contributed by atoms with van der Waals surface area (Å²) in [7, 11) is 0. The summed E-state index contributed by atoms with van der Waals surface area (Å²) in [6.07, 6.45) is 5.07. The van der Waals surface area contributed by atoms with Gasteiger partial charge in [0.2, 0.25) is 5.91 Å². The van der Waals surface area contributed by atoms with Crippen LogP contribution in [0.1, 0.15) is 30.4 Å². The van der Waals surface area contributed by atoms with E-state index in [0.29, 0.717) is 6.54 Å². The number of thioether (sulfide) groups is 1. The van der Waals surface area contributed by atoms with Crippen LogP contribution in [0, 0.1) is 6.92 Å². The lowest BCUT2D eigenvalue weighted by atomic mass is 9.92. The van der Waals surface area contributed by atoms with Crippen molar-refractivity contribution >= 4 is 30.1 Å². The van der Waals surface area contributed by atoms with Crippen molar-refractivity contribution in [1.29, 1.82) is 0 Å². The Morgan fingerprint density at radius 1 is 1.43 bits per heavy atom. The van der Waals surface area contributed by atoms with Gasteiger partial charge in [-0.1, -0.05) is 24.3 Å². The molecule has 0 heterocycles. The van der Waals surface area contributed by atoms with Gasteiger partial charge in [-0.2, -0.15) is 11.8 Å². The minimum atomic E-state index is -0.380. The third-order valence-corrected chi connectivity index (χ3v) is 4.78. The van der Waals surface area contributed by atoms with Gasteiger partial charge in [-0.05, 0) is 49.3 Å². The van der Waals surface area contributed by atoms with Gasteiger partial charge in [-0.3, -0.25) is 4.79 Å². The Morgan fingerprint density at radius 3 is 2.67 bits per heavy atom. The lowest BCUT2D eigenvalue weighted by molar-refractivity contribution is -0.122. The number of carbonyl (C=O) groups is 1. The molecule has 0 aliphatic heterocycles. The highest BCUT2D eigenvalue weighted by Gasteiger charge is 2.45. The second-order valence-electron chi connectivity index (χ2n) is 5.70. The number of nitrogens with two attached hydrogens (primary N) is 1. The Labute approximate surface area is 137 Å². The summed E-state index contributed by atoms with van der Waals surface area (Å²) < 4.78 is 0. The predicted octanol–water partition coefficient (Wildman–Crippen LogP) is 2.65. The summed E-state index contributed by atoms with van der Waals surface area (Å²) >= 11 is 1.72. The first-order valence-corrected chi connectivity index (χ1v) is 8.57. The lowest BCUT2D eigenvalue weighted by Crippen LogP contribution is -2.43. The topological polar surface area (TPSA) is 55.1 Å². The van der Waals surface area contributed by atoms with Crippen LogP contribution >= 0.6 is 24.2 Å². The molecule has 3 N–H and O–H groups in total. The Hall–Kier alpha value is -0.710. The number of hydrogen-bond donors (Lipinski definition) is 2.